The quantitative estimate of drug-likeness (QED) is 0.124. The van der Waals surface area contributed by atoms with E-state index < -0.39 is 0 Å². The molecule has 0 heterocycles. The summed E-state index contributed by atoms with van der Waals surface area (Å²) in [5, 5.41) is 4.33. The van der Waals surface area contributed by atoms with Crippen molar-refractivity contribution in [3.63, 3.8) is 0 Å². The smallest absolute Gasteiger partial charge is 0.189 e. The van der Waals surface area contributed by atoms with E-state index in [1.54, 1.807) is 0 Å². The number of allylic oxidation sites excluding steroid dienone is 5. The highest BCUT2D eigenvalue weighted by atomic mass is 15.3. The Labute approximate surface area is 138 Å². The molecular formula is C19H33BN2. The maximum atomic E-state index is 4.33. The van der Waals surface area contributed by atoms with Crippen molar-refractivity contribution in [2.75, 3.05) is 0 Å². The molecule has 1 unspecified atom stereocenters. The summed E-state index contributed by atoms with van der Waals surface area (Å²) in [5.41, 5.74) is 5.32. The summed E-state index contributed by atoms with van der Waals surface area (Å²) in [6.45, 7) is 16.8. The first-order valence-electron chi connectivity index (χ1n) is 8.51. The molecule has 0 amide bonds. The largest absolute Gasteiger partial charge is 0.287 e. The van der Waals surface area contributed by atoms with E-state index in [1.165, 1.54) is 32.0 Å². The van der Waals surface area contributed by atoms with Crippen LogP contribution in [0.5, 0.6) is 0 Å². The molecule has 0 aromatic rings. The number of hydrogen-bond acceptors (Lipinski definition) is 2. The van der Waals surface area contributed by atoms with Gasteiger partial charge in [-0.15, -0.1) is 6.58 Å². The lowest BCUT2D eigenvalue weighted by Crippen LogP contribution is -2.12. The third-order valence-corrected chi connectivity index (χ3v) is 3.84. The van der Waals surface area contributed by atoms with E-state index in [9.17, 15) is 0 Å². The van der Waals surface area contributed by atoms with Gasteiger partial charge in [0, 0.05) is 12.1 Å². The monoisotopic (exact) mass is 300 g/mol. The zero-order valence-corrected chi connectivity index (χ0v) is 14.9. The van der Waals surface area contributed by atoms with E-state index in [2.05, 4.69) is 50.4 Å². The van der Waals surface area contributed by atoms with E-state index in [0.29, 0.717) is 6.71 Å². The lowest BCUT2D eigenvalue weighted by Gasteiger charge is -2.13. The number of nitrogens with zero attached hydrogens (tertiary/aromatic N) is 1. The van der Waals surface area contributed by atoms with Gasteiger partial charge in [0.2, 0.25) is 0 Å². The Bertz CT molecular complexity index is 408. The fourth-order valence-corrected chi connectivity index (χ4v) is 2.25. The van der Waals surface area contributed by atoms with Crippen molar-refractivity contribution in [2.24, 2.45) is 11.0 Å². The summed E-state index contributed by atoms with van der Waals surface area (Å²) >= 11 is 0. The van der Waals surface area contributed by atoms with Crippen LogP contribution in [-0.4, -0.2) is 12.8 Å². The molecule has 0 aromatic carbocycles. The molecule has 122 valence electrons. The molecule has 1 N–H and O–H groups in total. The number of rotatable bonds is 12. The van der Waals surface area contributed by atoms with Gasteiger partial charge in [-0.3, -0.25) is 5.43 Å². The summed E-state index contributed by atoms with van der Waals surface area (Å²) in [4.78, 5) is 0. The molecule has 0 bridgehead atoms. The molecule has 22 heavy (non-hydrogen) atoms. The molecule has 3 heteroatoms. The van der Waals surface area contributed by atoms with Gasteiger partial charge in [0.15, 0.2) is 6.71 Å². The topological polar surface area (TPSA) is 24.4 Å². The van der Waals surface area contributed by atoms with Crippen molar-refractivity contribution >= 4 is 12.8 Å². The normalized spacial score (nSPS) is 14.0. The molecule has 0 saturated heterocycles. The van der Waals surface area contributed by atoms with Crippen LogP contribution in [-0.2, 0) is 0 Å². The van der Waals surface area contributed by atoms with Gasteiger partial charge in [0.05, 0.1) is 0 Å². The fraction of sp³-hybridized carbons (Fsp3) is 0.526. The van der Waals surface area contributed by atoms with Crippen LogP contribution in [0, 0.1) is 5.92 Å². The molecule has 0 spiro atoms. The van der Waals surface area contributed by atoms with Gasteiger partial charge in [0.25, 0.3) is 0 Å². The van der Waals surface area contributed by atoms with Crippen LogP contribution < -0.4 is 5.43 Å². The standard InChI is InChI=1S/C19H33BN2/c1-7-11-12-13-14-20(6)16-22-21-15-19(17(5)8-2)18(9-3)10-4/h8-10,15-17,21H,2-3,7,11-14H2,1,4-6H3/b18-10+,19-15-,22-16?. The Morgan fingerprint density at radius 3 is 2.55 bits per heavy atom. The van der Waals surface area contributed by atoms with Gasteiger partial charge in [-0.05, 0) is 24.2 Å². The van der Waals surface area contributed by atoms with Crippen molar-refractivity contribution in [1.29, 1.82) is 0 Å². The van der Waals surface area contributed by atoms with E-state index in [-0.39, 0.29) is 5.92 Å². The summed E-state index contributed by atoms with van der Waals surface area (Å²) in [5.74, 6) is 0.262. The third-order valence-electron chi connectivity index (χ3n) is 3.84. The SMILES string of the molecule is C=CC(=C\C)/C(=C\NN=CB(C)CCCCCC)C(C)C=C. The van der Waals surface area contributed by atoms with Gasteiger partial charge in [-0.25, -0.2) is 0 Å². The highest BCUT2D eigenvalue weighted by Gasteiger charge is 2.07. The van der Waals surface area contributed by atoms with Crippen molar-refractivity contribution in [3.05, 3.63) is 48.7 Å². The van der Waals surface area contributed by atoms with Crippen molar-refractivity contribution in [1.82, 2.24) is 5.43 Å². The number of nitrogens with one attached hydrogen (secondary N) is 1. The highest BCUT2D eigenvalue weighted by Crippen LogP contribution is 2.20. The first-order valence-corrected chi connectivity index (χ1v) is 8.51. The van der Waals surface area contributed by atoms with E-state index >= 15 is 0 Å². The minimum absolute atomic E-state index is 0.262. The maximum absolute atomic E-state index is 4.33. The molecule has 0 aliphatic rings. The lowest BCUT2D eigenvalue weighted by molar-refractivity contribution is 0.699. The molecule has 0 rings (SSSR count). The number of hydrogen-bond donors (Lipinski definition) is 1. The van der Waals surface area contributed by atoms with Crippen molar-refractivity contribution in [3.8, 4) is 0 Å². The number of hydrazone groups is 1. The molecule has 2 nitrogen and oxygen atoms in total. The summed E-state index contributed by atoms with van der Waals surface area (Å²) in [6, 6.07) is 0. The first kappa shape index (κ1) is 20.5. The second kappa shape index (κ2) is 13.2. The van der Waals surface area contributed by atoms with Gasteiger partial charge < -0.3 is 0 Å². The number of unbranched alkanes of at least 4 members (excludes halogenated alkanes) is 3. The predicted octanol–water partition coefficient (Wildman–Crippen LogP) is 5.64. The van der Waals surface area contributed by atoms with Crippen LogP contribution in [0.2, 0.25) is 13.1 Å². The van der Waals surface area contributed by atoms with Crippen LogP contribution in [0.15, 0.2) is 53.8 Å². The second-order valence-electron chi connectivity index (χ2n) is 5.81. The van der Waals surface area contributed by atoms with Crippen LogP contribution in [0.1, 0.15) is 46.5 Å². The molecule has 0 saturated carbocycles. The molecule has 1 atom stereocenters. The van der Waals surface area contributed by atoms with Crippen LogP contribution >= 0.6 is 0 Å². The minimum Gasteiger partial charge on any atom is -0.287 e. The molecule has 0 aromatic heterocycles. The highest BCUT2D eigenvalue weighted by molar-refractivity contribution is 6.84. The zero-order valence-electron chi connectivity index (χ0n) is 14.9. The van der Waals surface area contributed by atoms with Crippen LogP contribution in [0.3, 0.4) is 0 Å². The van der Waals surface area contributed by atoms with Crippen LogP contribution in [0.4, 0.5) is 0 Å². The molecule has 0 aliphatic carbocycles. The molecule has 0 radical (unpaired) electrons. The summed E-state index contributed by atoms with van der Waals surface area (Å²) in [7, 11) is 0. The Morgan fingerprint density at radius 1 is 1.27 bits per heavy atom. The molecular weight excluding hydrogens is 267 g/mol. The van der Waals surface area contributed by atoms with Gasteiger partial charge in [-0.1, -0.05) is 77.5 Å². The van der Waals surface area contributed by atoms with E-state index in [0.717, 1.165) is 11.1 Å². The summed E-state index contributed by atoms with van der Waals surface area (Å²) < 4.78 is 0. The second-order valence-corrected chi connectivity index (χ2v) is 5.81. The van der Waals surface area contributed by atoms with Gasteiger partial charge >= 0.3 is 0 Å². The predicted molar refractivity (Wildman–Crippen MR) is 104 cm³/mol. The Balaban J connectivity index is 4.47. The fourth-order valence-electron chi connectivity index (χ4n) is 2.25. The van der Waals surface area contributed by atoms with Crippen molar-refractivity contribution < 1.29 is 0 Å². The zero-order chi connectivity index (χ0) is 16.8. The lowest BCUT2D eigenvalue weighted by atomic mass is 9.50. The van der Waals surface area contributed by atoms with E-state index in [1.807, 2.05) is 31.4 Å². The molecule has 0 fully saturated rings. The Kier molecular flexibility index (Phi) is 12.3. The average molecular weight is 300 g/mol. The molecule has 0 aliphatic heterocycles. The van der Waals surface area contributed by atoms with E-state index in [4.69, 9.17) is 0 Å². The average Bonchev–Trinajstić information content (AvgIpc) is 2.53. The summed E-state index contributed by atoms with van der Waals surface area (Å²) in [6.07, 6.45) is 16.2. The minimum atomic E-state index is 0.262. The maximum Gasteiger partial charge on any atom is 0.189 e. The third kappa shape index (κ3) is 8.71. The van der Waals surface area contributed by atoms with Gasteiger partial charge in [0.1, 0.15) is 0 Å². The van der Waals surface area contributed by atoms with Crippen LogP contribution in [0.25, 0.3) is 0 Å². The first-order chi connectivity index (χ1) is 10.6. The Morgan fingerprint density at radius 2 is 2.00 bits per heavy atom. The van der Waals surface area contributed by atoms with Crippen molar-refractivity contribution in [2.45, 2.75) is 59.6 Å². The Hall–Kier alpha value is -1.51. The van der Waals surface area contributed by atoms with Gasteiger partial charge in [-0.2, -0.15) is 5.10 Å².